The Morgan fingerprint density at radius 3 is 2.67 bits per heavy atom. The zero-order valence-corrected chi connectivity index (χ0v) is 26.7. The Balaban J connectivity index is 1.18. The fourth-order valence-corrected chi connectivity index (χ4v) is 6.74. The number of pyridine rings is 2. The number of nitrogens with one attached hydrogen (secondary N) is 2. The van der Waals surface area contributed by atoms with Crippen LogP contribution in [-0.2, 0) is 23.8 Å². The second-order valence-electron chi connectivity index (χ2n) is 13.2. The lowest BCUT2D eigenvalue weighted by Crippen LogP contribution is -2.43. The Kier molecular flexibility index (Phi) is 7.45. The molecule has 0 fully saturated rings. The molecule has 0 saturated heterocycles. The first-order valence-corrected chi connectivity index (χ1v) is 17.9. The minimum Gasteiger partial charge on any atom is -0.416 e. The number of hydrogen-bond donors (Lipinski definition) is 2. The van der Waals surface area contributed by atoms with Gasteiger partial charge in [0.1, 0.15) is 5.82 Å². The van der Waals surface area contributed by atoms with Crippen molar-refractivity contribution in [1.82, 2.24) is 24.8 Å². The maximum absolute atomic E-state index is 13.0. The third-order valence-electron chi connectivity index (χ3n) is 9.29. The minimum atomic E-state index is -1.74. The van der Waals surface area contributed by atoms with Crippen LogP contribution in [0.15, 0.2) is 48.8 Å². The number of aromatic nitrogens is 3. The normalized spacial score (nSPS) is 15.8. The molecule has 6 rings (SSSR count). The lowest BCUT2D eigenvalue weighted by molar-refractivity contribution is 0.0966. The molecule has 2 aliphatic heterocycles. The topological polar surface area (TPSA) is 83.8 Å². The van der Waals surface area contributed by atoms with Crippen LogP contribution in [0.5, 0.6) is 0 Å². The van der Waals surface area contributed by atoms with Gasteiger partial charge in [-0.3, -0.25) is 4.79 Å². The predicted octanol–water partition coefficient (Wildman–Crippen LogP) is 6.11. The Morgan fingerprint density at radius 2 is 1.86 bits per heavy atom. The van der Waals surface area contributed by atoms with Gasteiger partial charge in [-0.05, 0) is 71.9 Å². The van der Waals surface area contributed by atoms with Gasteiger partial charge in [0.15, 0.2) is 8.32 Å². The maximum atomic E-state index is 13.0. The van der Waals surface area contributed by atoms with Crippen LogP contribution in [0.2, 0.25) is 18.1 Å². The zero-order chi connectivity index (χ0) is 29.6. The van der Waals surface area contributed by atoms with E-state index in [4.69, 9.17) is 9.41 Å². The number of anilines is 2. The Hall–Kier alpha value is -3.53. The smallest absolute Gasteiger partial charge is 0.254 e. The molecule has 42 heavy (non-hydrogen) atoms. The molecule has 1 amide bonds. The number of hydrogen-bond acceptors (Lipinski definition) is 6. The summed E-state index contributed by atoms with van der Waals surface area (Å²) in [6.45, 7) is 17.8. The monoisotopic (exact) mass is 582 g/mol. The van der Waals surface area contributed by atoms with Crippen molar-refractivity contribution in [3.63, 3.8) is 0 Å². The van der Waals surface area contributed by atoms with Gasteiger partial charge in [-0.15, -0.1) is 0 Å². The number of aryl methyl sites for hydroxylation is 1. The summed E-state index contributed by atoms with van der Waals surface area (Å²) in [6, 6.07) is 12.5. The number of nitrogens with zero attached hydrogens (tertiary/aromatic N) is 4. The van der Waals surface area contributed by atoms with Crippen LogP contribution in [0.4, 0.5) is 11.5 Å². The summed E-state index contributed by atoms with van der Waals surface area (Å²) >= 11 is 0. The van der Waals surface area contributed by atoms with E-state index in [1.807, 2.05) is 29.0 Å². The van der Waals surface area contributed by atoms with Gasteiger partial charge in [0.25, 0.3) is 5.91 Å². The van der Waals surface area contributed by atoms with Crippen molar-refractivity contribution >= 4 is 31.2 Å². The molecule has 1 aromatic carbocycles. The molecular weight excluding hydrogens is 540 g/mol. The SMILES string of the molecule is Cc1ccc2c(-c3ccc(Nc4ccc5c(n4)CCN(CCO[Si](C)(C)C(C)(C)C)CC5)c4c3CNC4=O)cnn2c1. The number of fused-ring (bicyclic) bond motifs is 3. The molecule has 220 valence electrons. The van der Waals surface area contributed by atoms with Crippen molar-refractivity contribution in [3.8, 4) is 11.1 Å². The highest BCUT2D eigenvalue weighted by Crippen LogP contribution is 2.38. The van der Waals surface area contributed by atoms with Gasteiger partial charge in [0, 0.05) is 56.7 Å². The summed E-state index contributed by atoms with van der Waals surface area (Å²) in [5.41, 5.74) is 9.11. The van der Waals surface area contributed by atoms with Crippen LogP contribution >= 0.6 is 0 Å². The van der Waals surface area contributed by atoms with Crippen molar-refractivity contribution in [2.24, 2.45) is 0 Å². The molecule has 3 aromatic heterocycles. The first-order chi connectivity index (χ1) is 20.0. The van der Waals surface area contributed by atoms with Crippen molar-refractivity contribution < 1.29 is 9.22 Å². The molecule has 0 atom stereocenters. The maximum Gasteiger partial charge on any atom is 0.254 e. The van der Waals surface area contributed by atoms with E-state index >= 15 is 0 Å². The molecule has 0 bridgehead atoms. The summed E-state index contributed by atoms with van der Waals surface area (Å²) in [4.78, 5) is 20.5. The largest absolute Gasteiger partial charge is 0.416 e. The summed E-state index contributed by atoms with van der Waals surface area (Å²) in [5.74, 6) is 0.705. The lowest BCUT2D eigenvalue weighted by atomic mass is 9.96. The Bertz CT molecular complexity index is 1650. The molecule has 9 heteroatoms. The molecule has 0 radical (unpaired) electrons. The third-order valence-corrected chi connectivity index (χ3v) is 13.8. The average molecular weight is 583 g/mol. The summed E-state index contributed by atoms with van der Waals surface area (Å²) < 4.78 is 8.34. The molecule has 2 aliphatic rings. The minimum absolute atomic E-state index is 0.0630. The molecule has 0 saturated carbocycles. The molecule has 5 heterocycles. The van der Waals surface area contributed by atoms with Crippen LogP contribution < -0.4 is 10.6 Å². The van der Waals surface area contributed by atoms with Crippen LogP contribution in [0.1, 0.15) is 53.5 Å². The second-order valence-corrected chi connectivity index (χ2v) is 18.0. The average Bonchev–Trinajstić information content (AvgIpc) is 3.47. The van der Waals surface area contributed by atoms with Gasteiger partial charge < -0.3 is 20.0 Å². The molecule has 2 N–H and O–H groups in total. The van der Waals surface area contributed by atoms with Crippen molar-refractivity contribution in [2.45, 2.75) is 65.2 Å². The summed E-state index contributed by atoms with van der Waals surface area (Å²) in [5, 5.41) is 11.3. The molecule has 0 aliphatic carbocycles. The predicted molar refractivity (Wildman–Crippen MR) is 171 cm³/mol. The molecule has 0 spiro atoms. The summed E-state index contributed by atoms with van der Waals surface area (Å²) in [7, 11) is -1.74. The Labute approximate surface area is 249 Å². The van der Waals surface area contributed by atoms with Crippen molar-refractivity contribution in [2.75, 3.05) is 31.6 Å². The molecule has 8 nitrogen and oxygen atoms in total. The number of benzene rings is 1. The summed E-state index contributed by atoms with van der Waals surface area (Å²) in [6.07, 6.45) is 5.78. The number of rotatable bonds is 7. The van der Waals surface area contributed by atoms with Gasteiger partial charge in [-0.2, -0.15) is 5.10 Å². The fourth-order valence-electron chi connectivity index (χ4n) is 5.71. The number of carbonyl (C=O) groups excluding carboxylic acids is 1. The fraction of sp³-hybridized carbons (Fsp3) is 0.424. The van der Waals surface area contributed by atoms with Gasteiger partial charge in [-0.1, -0.05) is 39.0 Å². The van der Waals surface area contributed by atoms with Crippen molar-refractivity contribution in [1.29, 1.82) is 0 Å². The molecule has 4 aromatic rings. The highest BCUT2D eigenvalue weighted by molar-refractivity contribution is 6.74. The van der Waals surface area contributed by atoms with E-state index in [9.17, 15) is 4.79 Å². The number of amides is 1. The first-order valence-electron chi connectivity index (χ1n) is 15.0. The van der Waals surface area contributed by atoms with Crippen LogP contribution in [-0.4, -0.2) is 60.0 Å². The first kappa shape index (κ1) is 28.6. The molecule has 0 unspecified atom stereocenters. The quantitative estimate of drug-likeness (QED) is 0.256. The van der Waals surface area contributed by atoms with Crippen LogP contribution in [0.25, 0.3) is 16.6 Å². The van der Waals surface area contributed by atoms with Gasteiger partial charge in [0.05, 0.1) is 23.0 Å². The van der Waals surface area contributed by atoms with E-state index in [1.165, 1.54) is 5.56 Å². The zero-order valence-electron chi connectivity index (χ0n) is 25.7. The van der Waals surface area contributed by atoms with E-state index in [-0.39, 0.29) is 10.9 Å². The van der Waals surface area contributed by atoms with E-state index in [1.54, 1.807) is 0 Å². The van der Waals surface area contributed by atoms with E-state index < -0.39 is 8.32 Å². The van der Waals surface area contributed by atoms with E-state index in [0.717, 1.165) is 84.1 Å². The van der Waals surface area contributed by atoms with Crippen molar-refractivity contribution in [3.05, 3.63) is 76.7 Å². The molecular formula is C33H42N6O2Si. The highest BCUT2D eigenvalue weighted by atomic mass is 28.4. The standard InChI is InChI=1S/C33H42N6O2Si/c1-22-7-11-29-25(20-35-39(29)21-22)24-9-10-28(31-26(24)19-34-32(31)40)37-30-12-8-23-13-15-38(16-14-27(23)36-30)17-18-41-42(5,6)33(2,3)4/h7-12,20-21H,13-19H2,1-6H3,(H,34,40)(H,36,37). The van der Waals surface area contributed by atoms with Gasteiger partial charge in [-0.25, -0.2) is 9.50 Å². The highest BCUT2D eigenvalue weighted by Gasteiger charge is 2.37. The van der Waals surface area contributed by atoms with Crippen LogP contribution in [0, 0.1) is 6.92 Å². The van der Waals surface area contributed by atoms with E-state index in [2.05, 4.69) is 85.7 Å². The number of carbonyl (C=O) groups is 1. The second kappa shape index (κ2) is 10.9. The van der Waals surface area contributed by atoms with Gasteiger partial charge >= 0.3 is 0 Å². The lowest BCUT2D eigenvalue weighted by Gasteiger charge is -2.36. The van der Waals surface area contributed by atoms with Gasteiger partial charge in [0.2, 0.25) is 0 Å². The Morgan fingerprint density at radius 1 is 1.05 bits per heavy atom. The van der Waals surface area contributed by atoms with Crippen LogP contribution in [0.3, 0.4) is 0 Å². The van der Waals surface area contributed by atoms with E-state index in [0.29, 0.717) is 12.1 Å². The third kappa shape index (κ3) is 5.48.